The number of carbonyl (C=O) groups is 2. The van der Waals surface area contributed by atoms with Gasteiger partial charge in [-0.3, -0.25) is 9.69 Å². The molecule has 5 rings (SSSR count). The van der Waals surface area contributed by atoms with Crippen molar-refractivity contribution in [3.05, 3.63) is 35.4 Å². The van der Waals surface area contributed by atoms with Gasteiger partial charge in [0, 0.05) is 5.56 Å². The summed E-state index contributed by atoms with van der Waals surface area (Å²) in [7, 11) is 0. The number of hydrogen-bond acceptors (Lipinski definition) is 3. The van der Waals surface area contributed by atoms with E-state index in [9.17, 15) is 9.59 Å². The fraction of sp³-hybridized carbons (Fsp3) is 0.500. The molecule has 4 aliphatic rings. The van der Waals surface area contributed by atoms with Crippen molar-refractivity contribution in [3.63, 3.8) is 0 Å². The summed E-state index contributed by atoms with van der Waals surface area (Å²) in [5.41, 5.74) is 1.46. The van der Waals surface area contributed by atoms with Crippen LogP contribution in [0, 0.1) is 17.8 Å². The molecule has 1 aromatic rings. The Hall–Kier alpha value is -1.84. The van der Waals surface area contributed by atoms with E-state index in [1.54, 1.807) is 6.07 Å². The smallest absolute Gasteiger partial charge is 0.340 e. The van der Waals surface area contributed by atoms with Crippen LogP contribution in [0.5, 0.6) is 0 Å². The molecule has 102 valence electrons. The second-order valence-corrected chi connectivity index (χ2v) is 6.44. The van der Waals surface area contributed by atoms with Crippen molar-refractivity contribution in [2.45, 2.75) is 31.5 Å². The predicted octanol–water partition coefficient (Wildman–Crippen LogP) is 2.11. The van der Waals surface area contributed by atoms with Gasteiger partial charge in [-0.25, -0.2) is 4.79 Å². The van der Waals surface area contributed by atoms with Crippen LogP contribution in [0.1, 0.15) is 41.4 Å². The number of rotatable bonds is 1. The number of ether oxygens (including phenoxy) is 1. The zero-order valence-electron chi connectivity index (χ0n) is 11.0. The number of likely N-dealkylation sites (tertiary alicyclic amines) is 1. The monoisotopic (exact) mass is 269 g/mol. The molecule has 3 fully saturated rings. The van der Waals surface area contributed by atoms with Crippen molar-refractivity contribution in [2.24, 2.45) is 17.8 Å². The molecule has 2 saturated carbocycles. The Labute approximate surface area is 116 Å². The molecule has 2 heterocycles. The van der Waals surface area contributed by atoms with Crippen molar-refractivity contribution in [1.29, 1.82) is 0 Å². The molecule has 2 aliphatic carbocycles. The zero-order chi connectivity index (χ0) is 13.4. The van der Waals surface area contributed by atoms with Crippen LogP contribution in [0.2, 0.25) is 0 Å². The van der Waals surface area contributed by atoms with Gasteiger partial charge in [-0.05, 0) is 37.2 Å². The molecule has 1 amide bonds. The first-order valence-electron chi connectivity index (χ1n) is 7.38. The van der Waals surface area contributed by atoms with Crippen molar-refractivity contribution in [3.8, 4) is 0 Å². The van der Waals surface area contributed by atoms with Gasteiger partial charge in [0.05, 0.1) is 17.5 Å². The average Bonchev–Trinajstić information content (AvgIpc) is 3.12. The quantitative estimate of drug-likeness (QED) is 0.579. The summed E-state index contributed by atoms with van der Waals surface area (Å²) in [6.45, 7) is 0. The maximum absolute atomic E-state index is 12.5. The summed E-state index contributed by atoms with van der Waals surface area (Å²) >= 11 is 0. The number of carbonyl (C=O) groups excluding carboxylic acids is 2. The maximum Gasteiger partial charge on any atom is 0.340 e. The van der Waals surface area contributed by atoms with Crippen LogP contribution in [-0.2, 0) is 9.53 Å². The fourth-order valence-corrected chi connectivity index (χ4v) is 4.85. The summed E-state index contributed by atoms with van der Waals surface area (Å²) in [4.78, 5) is 26.2. The average molecular weight is 269 g/mol. The second-order valence-electron chi connectivity index (χ2n) is 6.44. The minimum atomic E-state index is -0.480. The van der Waals surface area contributed by atoms with Crippen LogP contribution in [0.25, 0.3) is 0 Å². The highest BCUT2D eigenvalue weighted by Gasteiger charge is 2.64. The fourth-order valence-electron chi connectivity index (χ4n) is 4.85. The molecule has 0 radical (unpaired) electrons. The molecular weight excluding hydrogens is 254 g/mol. The Balaban J connectivity index is 1.54. The predicted molar refractivity (Wildman–Crippen MR) is 69.6 cm³/mol. The van der Waals surface area contributed by atoms with Crippen LogP contribution in [0.3, 0.4) is 0 Å². The third kappa shape index (κ3) is 1.10. The minimum absolute atomic E-state index is 0.191. The van der Waals surface area contributed by atoms with E-state index < -0.39 is 6.23 Å². The van der Waals surface area contributed by atoms with Crippen molar-refractivity contribution >= 4 is 11.9 Å². The van der Waals surface area contributed by atoms with Crippen LogP contribution in [-0.4, -0.2) is 22.8 Å². The van der Waals surface area contributed by atoms with Gasteiger partial charge in [0.1, 0.15) is 0 Å². The standard InChI is InChI=1S/C16H15NO3/c18-14-12-8-5-6-9(7-8)13(12)17(14)15-10-3-1-2-4-11(10)16(19)20-15/h1-4,8-9,12-13,15H,5-7H2/t8-,9-,12+,13-,15?/m0/s1. The van der Waals surface area contributed by atoms with Gasteiger partial charge < -0.3 is 4.74 Å². The van der Waals surface area contributed by atoms with Crippen LogP contribution >= 0.6 is 0 Å². The molecule has 0 spiro atoms. The summed E-state index contributed by atoms with van der Waals surface area (Å²) < 4.78 is 5.49. The molecule has 20 heavy (non-hydrogen) atoms. The Morgan fingerprint density at radius 2 is 1.90 bits per heavy atom. The third-order valence-electron chi connectivity index (χ3n) is 5.65. The molecule has 4 nitrogen and oxygen atoms in total. The van der Waals surface area contributed by atoms with Gasteiger partial charge in [0.25, 0.3) is 0 Å². The molecule has 1 unspecified atom stereocenters. The van der Waals surface area contributed by atoms with Crippen molar-refractivity contribution in [2.75, 3.05) is 0 Å². The molecule has 1 saturated heterocycles. The van der Waals surface area contributed by atoms with E-state index >= 15 is 0 Å². The molecule has 2 aliphatic heterocycles. The van der Waals surface area contributed by atoms with Gasteiger partial charge in [-0.1, -0.05) is 18.2 Å². The van der Waals surface area contributed by atoms with E-state index in [1.807, 2.05) is 23.1 Å². The molecule has 4 heteroatoms. The van der Waals surface area contributed by atoms with E-state index in [4.69, 9.17) is 4.74 Å². The first kappa shape index (κ1) is 10.9. The molecule has 5 atom stereocenters. The number of β-lactam (4-membered cyclic amide) rings is 1. The highest BCUT2D eigenvalue weighted by molar-refractivity contribution is 5.95. The number of esters is 1. The Bertz CT molecular complexity index is 640. The number of benzene rings is 1. The summed E-state index contributed by atoms with van der Waals surface area (Å²) in [6.07, 6.45) is 3.12. The lowest BCUT2D eigenvalue weighted by Gasteiger charge is -2.51. The highest BCUT2D eigenvalue weighted by Crippen LogP contribution is 2.58. The van der Waals surface area contributed by atoms with E-state index in [-0.39, 0.29) is 17.8 Å². The summed E-state index contributed by atoms with van der Waals surface area (Å²) in [5, 5.41) is 0. The van der Waals surface area contributed by atoms with Gasteiger partial charge in [-0.15, -0.1) is 0 Å². The van der Waals surface area contributed by atoms with Crippen molar-refractivity contribution in [1.82, 2.24) is 4.90 Å². The Kier molecular flexibility index (Phi) is 1.87. The van der Waals surface area contributed by atoms with E-state index in [2.05, 4.69) is 0 Å². The van der Waals surface area contributed by atoms with Gasteiger partial charge in [0.15, 0.2) is 0 Å². The van der Waals surface area contributed by atoms with Gasteiger partial charge in [0.2, 0.25) is 12.1 Å². The number of cyclic esters (lactones) is 1. The number of nitrogens with zero attached hydrogens (tertiary/aromatic N) is 1. The van der Waals surface area contributed by atoms with Gasteiger partial charge >= 0.3 is 5.97 Å². The van der Waals surface area contributed by atoms with E-state index in [0.717, 1.165) is 5.56 Å². The van der Waals surface area contributed by atoms with Crippen LogP contribution < -0.4 is 0 Å². The van der Waals surface area contributed by atoms with Crippen LogP contribution in [0.4, 0.5) is 0 Å². The van der Waals surface area contributed by atoms with Crippen LogP contribution in [0.15, 0.2) is 24.3 Å². The SMILES string of the molecule is O=C1OC(N2C(=O)[C@@H]3[C@H]4CC[C@@H](C4)[C@@H]32)c2ccccc21. The topological polar surface area (TPSA) is 46.6 Å². The normalized spacial score (nSPS) is 40.4. The van der Waals surface area contributed by atoms with E-state index in [1.165, 1.54) is 19.3 Å². The maximum atomic E-state index is 12.5. The molecular formula is C16H15NO3. The number of fused-ring (bicyclic) bond motifs is 6. The Morgan fingerprint density at radius 1 is 1.10 bits per heavy atom. The second kappa shape index (κ2) is 3.43. The largest absolute Gasteiger partial charge is 0.433 e. The molecule has 0 N–H and O–H groups in total. The van der Waals surface area contributed by atoms with Crippen molar-refractivity contribution < 1.29 is 14.3 Å². The lowest BCUT2D eigenvalue weighted by molar-refractivity contribution is -0.180. The number of amides is 1. The zero-order valence-corrected chi connectivity index (χ0v) is 11.0. The summed E-state index contributed by atoms with van der Waals surface area (Å²) in [6, 6.07) is 7.72. The van der Waals surface area contributed by atoms with Gasteiger partial charge in [-0.2, -0.15) is 0 Å². The number of hydrogen-bond donors (Lipinski definition) is 0. The van der Waals surface area contributed by atoms with E-state index in [0.29, 0.717) is 23.4 Å². The first-order valence-corrected chi connectivity index (χ1v) is 7.38. The molecule has 0 aromatic heterocycles. The summed E-state index contributed by atoms with van der Waals surface area (Å²) in [5.74, 6) is 1.30. The lowest BCUT2D eigenvalue weighted by Crippen LogP contribution is -2.64. The Morgan fingerprint density at radius 3 is 2.80 bits per heavy atom. The molecule has 1 aromatic carbocycles. The minimum Gasteiger partial charge on any atom is -0.433 e. The lowest BCUT2D eigenvalue weighted by atomic mass is 9.75. The highest BCUT2D eigenvalue weighted by atomic mass is 16.6. The molecule has 2 bridgehead atoms. The third-order valence-corrected chi connectivity index (χ3v) is 5.65. The first-order chi connectivity index (χ1) is 9.75.